The van der Waals surface area contributed by atoms with E-state index in [0.29, 0.717) is 13.2 Å². The van der Waals surface area contributed by atoms with Gasteiger partial charge < -0.3 is 9.84 Å². The molecule has 0 spiro atoms. The molecule has 0 unspecified atom stereocenters. The van der Waals surface area contributed by atoms with Crippen LogP contribution in [0.5, 0.6) is 5.75 Å². The number of benzene rings is 1. The number of allylic oxidation sites excluding steroid dienone is 1. The lowest BCUT2D eigenvalue weighted by molar-refractivity contribution is -0.132. The first-order valence-corrected chi connectivity index (χ1v) is 8.78. The smallest absolute Gasteiger partial charge is 0.337 e. The van der Waals surface area contributed by atoms with Crippen LogP contribution in [0.4, 0.5) is 0 Å². The Labute approximate surface area is 156 Å². The molecule has 0 atom stereocenters. The zero-order chi connectivity index (χ0) is 18.2. The van der Waals surface area contributed by atoms with Gasteiger partial charge in [-0.15, -0.1) is 0 Å². The molecule has 6 nitrogen and oxygen atoms in total. The Kier molecular flexibility index (Phi) is 7.09. The van der Waals surface area contributed by atoms with Gasteiger partial charge in [0.1, 0.15) is 12.4 Å². The average Bonchev–Trinajstić information content (AvgIpc) is 2.61. The van der Waals surface area contributed by atoms with Gasteiger partial charge in [0, 0.05) is 35.5 Å². The monoisotopic (exact) mass is 407 g/mol. The highest BCUT2D eigenvalue weighted by Crippen LogP contribution is 2.25. The highest BCUT2D eigenvalue weighted by molar-refractivity contribution is 9.10. The van der Waals surface area contributed by atoms with E-state index in [0.717, 1.165) is 22.3 Å². The van der Waals surface area contributed by atoms with Gasteiger partial charge >= 0.3 is 5.97 Å². The number of carboxylic acids is 1. The van der Waals surface area contributed by atoms with Crippen LogP contribution >= 0.6 is 15.9 Å². The second kappa shape index (κ2) is 9.29. The summed E-state index contributed by atoms with van der Waals surface area (Å²) in [5, 5.41) is 12.8. The predicted octanol–water partition coefficient (Wildman–Crippen LogP) is 3.44. The lowest BCUT2D eigenvalue weighted by atomic mass is 10.2. The largest absolute Gasteiger partial charge is 0.489 e. The molecule has 0 fully saturated rings. The van der Waals surface area contributed by atoms with E-state index < -0.39 is 5.97 Å². The molecule has 1 heterocycles. The number of carbonyl (C=O) groups is 1. The normalized spacial score (nSPS) is 13.9. The molecular weight excluding hydrogens is 386 g/mol. The minimum Gasteiger partial charge on any atom is -0.489 e. The lowest BCUT2D eigenvalue weighted by Gasteiger charge is -2.34. The summed E-state index contributed by atoms with van der Waals surface area (Å²) in [6.07, 6.45) is 8.63. The molecule has 7 heteroatoms. The number of nitrogens with one attached hydrogen (secondary N) is 1. The van der Waals surface area contributed by atoms with Crippen LogP contribution in [0.1, 0.15) is 19.4 Å². The second-order valence-corrected chi connectivity index (χ2v) is 6.22. The minimum atomic E-state index is -0.960. The standard InChI is InChI=1S/C18H22BrN3O3/c1-3-5-10-25-17-7-6-16(19)11-15(17)13-21(4-2)22-9-8-14(12-20-22)18(23)24/h3,5-9,11-12,20H,4,10,13H2,1-2H3,(H,23,24). The summed E-state index contributed by atoms with van der Waals surface area (Å²) >= 11 is 3.50. The molecule has 1 aromatic carbocycles. The number of carboxylic acid groups (broad SMARTS) is 1. The van der Waals surface area contributed by atoms with Crippen molar-refractivity contribution in [2.75, 3.05) is 13.2 Å². The third kappa shape index (κ3) is 5.37. The minimum absolute atomic E-state index is 0.213. The number of hydrazine groups is 2. The van der Waals surface area contributed by atoms with E-state index in [4.69, 9.17) is 9.84 Å². The van der Waals surface area contributed by atoms with E-state index in [1.165, 1.54) is 6.20 Å². The van der Waals surface area contributed by atoms with Crippen molar-refractivity contribution in [1.29, 1.82) is 0 Å². The van der Waals surface area contributed by atoms with Crippen LogP contribution in [-0.2, 0) is 11.3 Å². The van der Waals surface area contributed by atoms with Gasteiger partial charge in [-0.05, 0) is 31.2 Å². The maximum Gasteiger partial charge on any atom is 0.337 e. The number of nitrogens with zero attached hydrogens (tertiary/aromatic N) is 2. The molecule has 0 aromatic heterocycles. The third-order valence-electron chi connectivity index (χ3n) is 3.61. The fourth-order valence-electron chi connectivity index (χ4n) is 2.27. The van der Waals surface area contributed by atoms with E-state index in [1.54, 1.807) is 17.4 Å². The molecule has 25 heavy (non-hydrogen) atoms. The van der Waals surface area contributed by atoms with Crippen LogP contribution < -0.4 is 10.2 Å². The molecule has 134 valence electrons. The van der Waals surface area contributed by atoms with Crippen molar-refractivity contribution < 1.29 is 14.6 Å². The van der Waals surface area contributed by atoms with Gasteiger partial charge in [-0.2, -0.15) is 5.01 Å². The molecular formula is C18H22BrN3O3. The second-order valence-electron chi connectivity index (χ2n) is 5.31. The van der Waals surface area contributed by atoms with Crippen molar-refractivity contribution in [3.8, 4) is 5.75 Å². The van der Waals surface area contributed by atoms with Crippen LogP contribution in [0.25, 0.3) is 0 Å². The Morgan fingerprint density at radius 2 is 2.28 bits per heavy atom. The number of ether oxygens (including phenoxy) is 1. The molecule has 0 saturated heterocycles. The fraction of sp³-hybridized carbons (Fsp3) is 0.278. The first kappa shape index (κ1) is 19.1. The molecule has 0 bridgehead atoms. The van der Waals surface area contributed by atoms with Gasteiger partial charge in [-0.25, -0.2) is 9.91 Å². The maximum absolute atomic E-state index is 11.0. The molecule has 2 N–H and O–H groups in total. The molecule has 1 aliphatic heterocycles. The average molecular weight is 408 g/mol. The Hall–Kier alpha value is -2.25. The summed E-state index contributed by atoms with van der Waals surface area (Å²) in [6.45, 7) is 5.84. The van der Waals surface area contributed by atoms with Gasteiger partial charge in [-0.3, -0.25) is 5.43 Å². The SMILES string of the molecule is CC=CCOc1ccc(Br)cc1CN(CC)N1C=CC(C(=O)O)=CN1. The van der Waals surface area contributed by atoms with E-state index in [-0.39, 0.29) is 5.57 Å². The van der Waals surface area contributed by atoms with Crippen molar-refractivity contribution >= 4 is 21.9 Å². The van der Waals surface area contributed by atoms with Crippen molar-refractivity contribution in [2.24, 2.45) is 0 Å². The van der Waals surface area contributed by atoms with Crippen LogP contribution in [0.15, 0.2) is 58.9 Å². The maximum atomic E-state index is 11.0. The van der Waals surface area contributed by atoms with Crippen LogP contribution in [0.2, 0.25) is 0 Å². The summed E-state index contributed by atoms with van der Waals surface area (Å²) in [6, 6.07) is 5.92. The molecule has 1 aromatic rings. The summed E-state index contributed by atoms with van der Waals surface area (Å²) in [4.78, 5) is 11.0. The van der Waals surface area contributed by atoms with E-state index in [2.05, 4.69) is 21.4 Å². The Balaban J connectivity index is 2.12. The van der Waals surface area contributed by atoms with Gasteiger partial charge in [0.25, 0.3) is 0 Å². The summed E-state index contributed by atoms with van der Waals surface area (Å²) in [5.74, 6) is -0.138. The predicted molar refractivity (Wildman–Crippen MR) is 100 cm³/mol. The first-order valence-electron chi connectivity index (χ1n) is 7.99. The molecule has 1 aliphatic rings. The number of aliphatic carboxylic acids is 1. The number of rotatable bonds is 8. The zero-order valence-corrected chi connectivity index (χ0v) is 15.9. The van der Waals surface area contributed by atoms with Crippen LogP contribution in [-0.4, -0.2) is 34.4 Å². The molecule has 0 radical (unpaired) electrons. The van der Waals surface area contributed by atoms with E-state index >= 15 is 0 Å². The number of halogens is 1. The lowest BCUT2D eigenvalue weighted by Crippen LogP contribution is -2.46. The molecule has 2 rings (SSSR count). The summed E-state index contributed by atoms with van der Waals surface area (Å²) in [7, 11) is 0. The van der Waals surface area contributed by atoms with Crippen molar-refractivity contribution in [2.45, 2.75) is 20.4 Å². The number of hydrogen-bond donors (Lipinski definition) is 2. The zero-order valence-electron chi connectivity index (χ0n) is 14.3. The van der Waals surface area contributed by atoms with Crippen molar-refractivity contribution in [3.05, 3.63) is 64.4 Å². The summed E-state index contributed by atoms with van der Waals surface area (Å²) < 4.78 is 6.81. The van der Waals surface area contributed by atoms with E-state index in [1.807, 2.05) is 49.2 Å². The van der Waals surface area contributed by atoms with Gasteiger partial charge in [-0.1, -0.05) is 35.0 Å². The number of hydrogen-bond acceptors (Lipinski definition) is 5. The molecule has 0 aliphatic carbocycles. The first-order chi connectivity index (χ1) is 12.0. The van der Waals surface area contributed by atoms with Crippen LogP contribution in [0, 0.1) is 0 Å². The van der Waals surface area contributed by atoms with Gasteiger partial charge in [0.15, 0.2) is 0 Å². The highest BCUT2D eigenvalue weighted by Gasteiger charge is 2.17. The molecule has 0 saturated carbocycles. The topological polar surface area (TPSA) is 65.0 Å². The Morgan fingerprint density at radius 3 is 2.88 bits per heavy atom. The highest BCUT2D eigenvalue weighted by atomic mass is 79.9. The van der Waals surface area contributed by atoms with Crippen molar-refractivity contribution in [1.82, 2.24) is 15.6 Å². The Morgan fingerprint density at radius 1 is 1.48 bits per heavy atom. The van der Waals surface area contributed by atoms with Crippen LogP contribution in [0.3, 0.4) is 0 Å². The fourth-order valence-corrected chi connectivity index (χ4v) is 2.68. The van der Waals surface area contributed by atoms with E-state index in [9.17, 15) is 4.79 Å². The molecule has 0 amide bonds. The van der Waals surface area contributed by atoms with Gasteiger partial charge in [0.2, 0.25) is 0 Å². The van der Waals surface area contributed by atoms with Crippen molar-refractivity contribution in [3.63, 3.8) is 0 Å². The van der Waals surface area contributed by atoms with Gasteiger partial charge in [0.05, 0.1) is 5.57 Å². The quantitative estimate of drug-likeness (QED) is 0.643. The Bertz CT molecular complexity index is 701. The third-order valence-corrected chi connectivity index (χ3v) is 4.10. The summed E-state index contributed by atoms with van der Waals surface area (Å²) in [5.41, 5.74) is 4.22.